The average molecular weight is 223 g/mol. The van der Waals surface area contributed by atoms with Gasteiger partial charge in [-0.25, -0.2) is 4.98 Å². The highest BCUT2D eigenvalue weighted by Gasteiger charge is 2.31. The van der Waals surface area contributed by atoms with Crippen LogP contribution in [0.4, 0.5) is 0 Å². The van der Waals surface area contributed by atoms with Gasteiger partial charge in [-0.2, -0.15) is 0 Å². The molecular formula is C12H21N3O. The SMILES string of the molecule is CC(C)(C)N1CCOCC1Cn1ccnc1. The van der Waals surface area contributed by atoms with Crippen LogP contribution in [-0.4, -0.2) is 45.8 Å². The topological polar surface area (TPSA) is 30.3 Å². The summed E-state index contributed by atoms with van der Waals surface area (Å²) in [6, 6.07) is 0.447. The first-order valence-electron chi connectivity index (χ1n) is 5.87. The Labute approximate surface area is 97.2 Å². The summed E-state index contributed by atoms with van der Waals surface area (Å²) in [6.07, 6.45) is 5.70. The minimum Gasteiger partial charge on any atom is -0.378 e. The summed E-state index contributed by atoms with van der Waals surface area (Å²) in [7, 11) is 0. The van der Waals surface area contributed by atoms with Crippen LogP contribution in [0.25, 0.3) is 0 Å². The van der Waals surface area contributed by atoms with Crippen molar-refractivity contribution in [2.75, 3.05) is 19.8 Å². The molecule has 2 rings (SSSR count). The van der Waals surface area contributed by atoms with Crippen molar-refractivity contribution in [3.8, 4) is 0 Å². The number of hydrogen-bond acceptors (Lipinski definition) is 3. The fourth-order valence-corrected chi connectivity index (χ4v) is 2.33. The van der Waals surface area contributed by atoms with Gasteiger partial charge in [0.05, 0.1) is 25.6 Å². The number of hydrogen-bond donors (Lipinski definition) is 0. The molecule has 0 aromatic carbocycles. The highest BCUT2D eigenvalue weighted by atomic mass is 16.5. The van der Waals surface area contributed by atoms with Crippen molar-refractivity contribution < 1.29 is 4.74 Å². The van der Waals surface area contributed by atoms with Gasteiger partial charge in [0.1, 0.15) is 0 Å². The molecule has 0 spiro atoms. The molecule has 1 fully saturated rings. The molecule has 0 bridgehead atoms. The smallest absolute Gasteiger partial charge is 0.0946 e. The van der Waals surface area contributed by atoms with Gasteiger partial charge in [-0.05, 0) is 20.8 Å². The first-order chi connectivity index (χ1) is 7.57. The lowest BCUT2D eigenvalue weighted by molar-refractivity contribution is -0.0544. The Bertz CT molecular complexity index is 316. The second-order valence-electron chi connectivity index (χ2n) is 5.35. The van der Waals surface area contributed by atoms with E-state index in [2.05, 4.69) is 35.2 Å². The van der Waals surface area contributed by atoms with Gasteiger partial charge in [-0.1, -0.05) is 0 Å². The first kappa shape index (κ1) is 11.6. The summed E-state index contributed by atoms with van der Waals surface area (Å²) in [6.45, 7) is 10.4. The molecule has 1 aliphatic rings. The van der Waals surface area contributed by atoms with Crippen LogP contribution >= 0.6 is 0 Å². The van der Waals surface area contributed by atoms with Crippen LogP contribution in [0.2, 0.25) is 0 Å². The Morgan fingerprint density at radius 2 is 2.25 bits per heavy atom. The Hall–Kier alpha value is -0.870. The quantitative estimate of drug-likeness (QED) is 0.759. The molecule has 0 amide bonds. The number of rotatable bonds is 2. The minimum absolute atomic E-state index is 0.203. The fraction of sp³-hybridized carbons (Fsp3) is 0.750. The van der Waals surface area contributed by atoms with Crippen molar-refractivity contribution >= 4 is 0 Å². The second-order valence-corrected chi connectivity index (χ2v) is 5.35. The van der Waals surface area contributed by atoms with Gasteiger partial charge >= 0.3 is 0 Å². The van der Waals surface area contributed by atoms with Gasteiger partial charge in [0.25, 0.3) is 0 Å². The molecule has 4 nitrogen and oxygen atoms in total. The predicted octanol–water partition coefficient (Wildman–Crippen LogP) is 1.38. The van der Waals surface area contributed by atoms with Crippen LogP contribution in [0.15, 0.2) is 18.7 Å². The maximum atomic E-state index is 5.58. The Morgan fingerprint density at radius 3 is 2.88 bits per heavy atom. The van der Waals surface area contributed by atoms with Crippen LogP contribution in [0, 0.1) is 0 Å². The van der Waals surface area contributed by atoms with E-state index in [9.17, 15) is 0 Å². The van der Waals surface area contributed by atoms with Crippen LogP contribution < -0.4 is 0 Å². The number of nitrogens with zero attached hydrogens (tertiary/aromatic N) is 3. The van der Waals surface area contributed by atoms with E-state index >= 15 is 0 Å². The van der Waals surface area contributed by atoms with Crippen molar-refractivity contribution in [1.82, 2.24) is 14.5 Å². The van der Waals surface area contributed by atoms with E-state index in [1.54, 1.807) is 0 Å². The lowest BCUT2D eigenvalue weighted by Gasteiger charge is -2.44. The number of imidazole rings is 1. The van der Waals surface area contributed by atoms with Crippen molar-refractivity contribution in [2.24, 2.45) is 0 Å². The van der Waals surface area contributed by atoms with Crippen LogP contribution in [-0.2, 0) is 11.3 Å². The fourth-order valence-electron chi connectivity index (χ4n) is 2.33. The summed E-state index contributed by atoms with van der Waals surface area (Å²) in [5.41, 5.74) is 0.203. The first-order valence-corrected chi connectivity index (χ1v) is 5.87. The zero-order chi connectivity index (χ0) is 11.6. The predicted molar refractivity (Wildman–Crippen MR) is 63.3 cm³/mol. The third-order valence-corrected chi connectivity index (χ3v) is 3.07. The summed E-state index contributed by atoms with van der Waals surface area (Å²) in [5.74, 6) is 0. The van der Waals surface area contributed by atoms with Crippen LogP contribution in [0.1, 0.15) is 20.8 Å². The minimum atomic E-state index is 0.203. The van der Waals surface area contributed by atoms with Crippen molar-refractivity contribution in [3.63, 3.8) is 0 Å². The van der Waals surface area contributed by atoms with Crippen LogP contribution in [0.3, 0.4) is 0 Å². The Kier molecular flexibility index (Phi) is 3.30. The zero-order valence-corrected chi connectivity index (χ0v) is 10.4. The van der Waals surface area contributed by atoms with Gasteiger partial charge < -0.3 is 9.30 Å². The van der Waals surface area contributed by atoms with E-state index in [1.165, 1.54) is 0 Å². The molecule has 0 radical (unpaired) electrons. The number of ether oxygens (including phenoxy) is 1. The average Bonchev–Trinajstić information content (AvgIpc) is 2.70. The summed E-state index contributed by atoms with van der Waals surface area (Å²) >= 11 is 0. The molecular weight excluding hydrogens is 202 g/mol. The van der Waals surface area contributed by atoms with E-state index in [0.29, 0.717) is 6.04 Å². The van der Waals surface area contributed by atoms with Gasteiger partial charge in [-0.15, -0.1) is 0 Å². The molecule has 90 valence electrons. The molecule has 1 aliphatic heterocycles. The second kappa shape index (κ2) is 4.55. The molecule has 1 aromatic heterocycles. The van der Waals surface area contributed by atoms with E-state index in [1.807, 2.05) is 18.7 Å². The monoisotopic (exact) mass is 223 g/mol. The molecule has 0 N–H and O–H groups in total. The molecule has 4 heteroatoms. The molecule has 16 heavy (non-hydrogen) atoms. The molecule has 1 unspecified atom stereocenters. The van der Waals surface area contributed by atoms with E-state index in [-0.39, 0.29) is 5.54 Å². The normalized spacial score (nSPS) is 23.6. The highest BCUT2D eigenvalue weighted by Crippen LogP contribution is 2.20. The molecule has 0 aliphatic carbocycles. The lowest BCUT2D eigenvalue weighted by atomic mass is 10.0. The van der Waals surface area contributed by atoms with Gasteiger partial charge in [-0.3, -0.25) is 4.90 Å². The largest absolute Gasteiger partial charge is 0.378 e. The molecule has 2 heterocycles. The third kappa shape index (κ3) is 2.62. The van der Waals surface area contributed by atoms with Gasteiger partial charge in [0.15, 0.2) is 0 Å². The maximum Gasteiger partial charge on any atom is 0.0946 e. The van der Waals surface area contributed by atoms with E-state index < -0.39 is 0 Å². The Morgan fingerprint density at radius 1 is 1.44 bits per heavy atom. The van der Waals surface area contributed by atoms with Gasteiger partial charge in [0.2, 0.25) is 0 Å². The van der Waals surface area contributed by atoms with Crippen LogP contribution in [0.5, 0.6) is 0 Å². The van der Waals surface area contributed by atoms with Crippen molar-refractivity contribution in [1.29, 1.82) is 0 Å². The number of morpholine rings is 1. The molecule has 1 saturated heterocycles. The van der Waals surface area contributed by atoms with Crippen molar-refractivity contribution in [3.05, 3.63) is 18.7 Å². The van der Waals surface area contributed by atoms with E-state index in [4.69, 9.17) is 4.74 Å². The maximum absolute atomic E-state index is 5.58. The third-order valence-electron chi connectivity index (χ3n) is 3.07. The van der Waals surface area contributed by atoms with Gasteiger partial charge in [0, 0.05) is 31.0 Å². The zero-order valence-electron chi connectivity index (χ0n) is 10.4. The molecule has 1 atom stereocenters. The summed E-state index contributed by atoms with van der Waals surface area (Å²) < 4.78 is 7.70. The molecule has 1 aromatic rings. The standard InChI is InChI=1S/C12H21N3O/c1-12(2,3)15-6-7-16-9-11(15)8-14-5-4-13-10-14/h4-5,10-11H,6-9H2,1-3H3. The summed E-state index contributed by atoms with van der Waals surface area (Å²) in [4.78, 5) is 6.60. The highest BCUT2D eigenvalue weighted by molar-refractivity contribution is 4.87. The molecule has 0 saturated carbocycles. The summed E-state index contributed by atoms with van der Waals surface area (Å²) in [5, 5.41) is 0. The Balaban J connectivity index is 2.05. The van der Waals surface area contributed by atoms with Crippen molar-refractivity contribution in [2.45, 2.75) is 38.9 Å². The van der Waals surface area contributed by atoms with E-state index in [0.717, 1.165) is 26.3 Å². The number of aromatic nitrogens is 2. The lowest BCUT2D eigenvalue weighted by Crippen LogP contribution is -2.55.